The van der Waals surface area contributed by atoms with Crippen LogP contribution in [0.5, 0.6) is 0 Å². The molecule has 0 radical (unpaired) electrons. The van der Waals surface area contributed by atoms with Crippen LogP contribution in [0.2, 0.25) is 0 Å². The van der Waals surface area contributed by atoms with Gasteiger partial charge in [0.05, 0.1) is 13.2 Å². The molecule has 1 aromatic carbocycles. The highest BCUT2D eigenvalue weighted by Gasteiger charge is 2.34. The number of carbonyl (C=O) groups excluding carboxylic acids is 1. The molecule has 0 aliphatic carbocycles. The van der Waals surface area contributed by atoms with E-state index in [-0.39, 0.29) is 27.6 Å². The van der Waals surface area contributed by atoms with Crippen LogP contribution in [0.25, 0.3) is 0 Å². The predicted molar refractivity (Wildman–Crippen MR) is 108 cm³/mol. The van der Waals surface area contributed by atoms with Crippen molar-refractivity contribution >= 4 is 27.3 Å². The quantitative estimate of drug-likeness (QED) is 0.735. The third-order valence-corrected chi connectivity index (χ3v) is 8.32. The van der Waals surface area contributed by atoms with E-state index < -0.39 is 10.0 Å². The SMILES string of the molecule is O=C(c1sccc1S(=O)(=O)N1CCCCC1)N1CCOC(c2ccc(F)cc2)C1. The number of benzene rings is 1. The lowest BCUT2D eigenvalue weighted by molar-refractivity contribution is -0.0228. The Morgan fingerprint density at radius 2 is 1.79 bits per heavy atom. The number of amides is 1. The van der Waals surface area contributed by atoms with Gasteiger partial charge in [0.2, 0.25) is 10.0 Å². The summed E-state index contributed by atoms with van der Waals surface area (Å²) >= 11 is 1.15. The second-order valence-corrected chi connectivity index (χ2v) is 10.1. The molecule has 0 spiro atoms. The summed E-state index contributed by atoms with van der Waals surface area (Å²) in [6.45, 7) is 2.02. The molecule has 1 aromatic heterocycles. The van der Waals surface area contributed by atoms with Gasteiger partial charge in [-0.05, 0) is 42.0 Å². The third-order valence-electron chi connectivity index (χ3n) is 5.35. The molecule has 1 unspecified atom stereocenters. The Morgan fingerprint density at radius 3 is 2.52 bits per heavy atom. The van der Waals surface area contributed by atoms with E-state index in [0.717, 1.165) is 36.2 Å². The van der Waals surface area contributed by atoms with Crippen LogP contribution in [0.3, 0.4) is 0 Å². The van der Waals surface area contributed by atoms with Gasteiger partial charge in [-0.3, -0.25) is 4.79 Å². The highest BCUT2D eigenvalue weighted by Crippen LogP contribution is 2.30. The average molecular weight is 439 g/mol. The van der Waals surface area contributed by atoms with Gasteiger partial charge in [-0.25, -0.2) is 12.8 Å². The highest BCUT2D eigenvalue weighted by molar-refractivity contribution is 7.89. The van der Waals surface area contributed by atoms with E-state index in [2.05, 4.69) is 0 Å². The lowest BCUT2D eigenvalue weighted by Gasteiger charge is -2.33. The van der Waals surface area contributed by atoms with Crippen LogP contribution >= 0.6 is 11.3 Å². The van der Waals surface area contributed by atoms with Crippen molar-refractivity contribution in [2.45, 2.75) is 30.3 Å². The van der Waals surface area contributed by atoms with Crippen molar-refractivity contribution in [3.8, 4) is 0 Å². The van der Waals surface area contributed by atoms with Gasteiger partial charge in [-0.15, -0.1) is 11.3 Å². The summed E-state index contributed by atoms with van der Waals surface area (Å²) in [7, 11) is -3.68. The fraction of sp³-hybridized carbons (Fsp3) is 0.450. The van der Waals surface area contributed by atoms with Crippen LogP contribution in [-0.2, 0) is 14.8 Å². The zero-order chi connectivity index (χ0) is 20.4. The third kappa shape index (κ3) is 4.23. The van der Waals surface area contributed by atoms with Gasteiger partial charge in [-0.1, -0.05) is 18.6 Å². The number of carbonyl (C=O) groups is 1. The Bertz CT molecular complexity index is 969. The Kier molecular flexibility index (Phi) is 6.00. The van der Waals surface area contributed by atoms with Crippen molar-refractivity contribution in [1.29, 1.82) is 0 Å². The number of sulfonamides is 1. The van der Waals surface area contributed by atoms with E-state index in [1.807, 2.05) is 0 Å². The second-order valence-electron chi connectivity index (χ2n) is 7.24. The lowest BCUT2D eigenvalue weighted by Crippen LogP contribution is -2.43. The van der Waals surface area contributed by atoms with E-state index in [9.17, 15) is 17.6 Å². The molecule has 6 nitrogen and oxygen atoms in total. The first-order valence-corrected chi connectivity index (χ1v) is 12.0. The van der Waals surface area contributed by atoms with E-state index in [4.69, 9.17) is 4.74 Å². The molecule has 29 heavy (non-hydrogen) atoms. The first-order chi connectivity index (χ1) is 14.0. The minimum atomic E-state index is -3.68. The van der Waals surface area contributed by atoms with Crippen molar-refractivity contribution in [3.05, 3.63) is 52.0 Å². The molecular weight excluding hydrogens is 415 g/mol. The van der Waals surface area contributed by atoms with Crippen LogP contribution in [0.15, 0.2) is 40.6 Å². The maximum atomic E-state index is 13.2. The van der Waals surface area contributed by atoms with Gasteiger partial charge in [0, 0.05) is 19.6 Å². The van der Waals surface area contributed by atoms with Gasteiger partial charge in [0.25, 0.3) is 5.91 Å². The Hall–Kier alpha value is -1.81. The summed E-state index contributed by atoms with van der Waals surface area (Å²) in [6, 6.07) is 7.54. The minimum absolute atomic E-state index is 0.0965. The largest absolute Gasteiger partial charge is 0.370 e. The monoisotopic (exact) mass is 438 g/mol. The zero-order valence-corrected chi connectivity index (χ0v) is 17.6. The molecule has 2 aromatic rings. The molecule has 2 aliphatic heterocycles. The number of thiophene rings is 1. The summed E-state index contributed by atoms with van der Waals surface area (Å²) in [5.41, 5.74) is 0.788. The summed E-state index contributed by atoms with van der Waals surface area (Å²) in [5, 5.41) is 1.65. The zero-order valence-electron chi connectivity index (χ0n) is 15.9. The van der Waals surface area contributed by atoms with Gasteiger partial charge < -0.3 is 9.64 Å². The molecule has 0 saturated carbocycles. The van der Waals surface area contributed by atoms with Crippen molar-refractivity contribution in [2.24, 2.45) is 0 Å². The van der Waals surface area contributed by atoms with Crippen molar-refractivity contribution in [1.82, 2.24) is 9.21 Å². The molecule has 2 saturated heterocycles. The molecule has 2 aliphatic rings. The molecule has 1 atom stereocenters. The molecule has 3 heterocycles. The second kappa shape index (κ2) is 8.51. The summed E-state index contributed by atoms with van der Waals surface area (Å²) in [5.74, 6) is -0.630. The van der Waals surface area contributed by atoms with Crippen LogP contribution in [-0.4, -0.2) is 56.3 Å². The smallest absolute Gasteiger partial charge is 0.265 e. The fourth-order valence-electron chi connectivity index (χ4n) is 3.76. The molecular formula is C20H23FN2O4S2. The summed E-state index contributed by atoms with van der Waals surface area (Å²) < 4.78 is 46.6. The standard InChI is InChI=1S/C20H23FN2O4S2/c21-16-6-4-15(5-7-16)17-14-22(11-12-27-17)20(24)19-18(8-13-28-19)29(25,26)23-9-2-1-3-10-23/h4-8,13,17H,1-3,9-12,14H2. The Morgan fingerprint density at radius 1 is 1.07 bits per heavy atom. The maximum Gasteiger partial charge on any atom is 0.265 e. The number of ether oxygens (including phenoxy) is 1. The van der Waals surface area contributed by atoms with Crippen LogP contribution in [0, 0.1) is 5.82 Å². The van der Waals surface area contributed by atoms with Crippen LogP contribution in [0.1, 0.15) is 40.6 Å². The number of rotatable bonds is 4. The number of hydrogen-bond acceptors (Lipinski definition) is 5. The number of nitrogens with zero attached hydrogens (tertiary/aromatic N) is 2. The first-order valence-electron chi connectivity index (χ1n) is 9.71. The molecule has 4 rings (SSSR count). The highest BCUT2D eigenvalue weighted by atomic mass is 32.2. The number of piperidine rings is 1. The molecule has 0 N–H and O–H groups in total. The fourth-order valence-corrected chi connectivity index (χ4v) is 6.64. The molecule has 9 heteroatoms. The molecule has 2 fully saturated rings. The van der Waals surface area contributed by atoms with Crippen LogP contribution in [0.4, 0.5) is 4.39 Å². The minimum Gasteiger partial charge on any atom is -0.370 e. The van der Waals surface area contributed by atoms with Gasteiger partial charge in [0.15, 0.2) is 0 Å². The van der Waals surface area contributed by atoms with Gasteiger partial charge >= 0.3 is 0 Å². The van der Waals surface area contributed by atoms with E-state index >= 15 is 0 Å². The normalized spacial score (nSPS) is 21.3. The van der Waals surface area contributed by atoms with Crippen molar-refractivity contribution in [2.75, 3.05) is 32.8 Å². The molecule has 1 amide bonds. The van der Waals surface area contributed by atoms with Gasteiger partial charge in [0.1, 0.15) is 21.7 Å². The predicted octanol–water partition coefficient (Wildman–Crippen LogP) is 3.28. The lowest BCUT2D eigenvalue weighted by atomic mass is 10.1. The number of morpholine rings is 1. The number of hydrogen-bond donors (Lipinski definition) is 0. The van der Waals surface area contributed by atoms with E-state index in [0.29, 0.717) is 32.8 Å². The van der Waals surface area contributed by atoms with Crippen molar-refractivity contribution in [3.63, 3.8) is 0 Å². The van der Waals surface area contributed by atoms with Crippen LogP contribution < -0.4 is 0 Å². The summed E-state index contributed by atoms with van der Waals surface area (Å²) in [4.78, 5) is 15.1. The topological polar surface area (TPSA) is 66.9 Å². The number of halogens is 1. The van der Waals surface area contributed by atoms with E-state index in [1.54, 1.807) is 22.4 Å². The van der Waals surface area contributed by atoms with E-state index in [1.165, 1.54) is 22.5 Å². The molecule has 0 bridgehead atoms. The summed E-state index contributed by atoms with van der Waals surface area (Å²) in [6.07, 6.45) is 2.35. The van der Waals surface area contributed by atoms with Gasteiger partial charge in [-0.2, -0.15) is 4.31 Å². The Labute approximate surface area is 173 Å². The maximum absolute atomic E-state index is 13.2. The Balaban J connectivity index is 1.54. The first kappa shape index (κ1) is 20.5. The average Bonchev–Trinajstić information content (AvgIpc) is 3.25. The molecule has 156 valence electrons. The van der Waals surface area contributed by atoms with Crippen molar-refractivity contribution < 1.29 is 22.3 Å².